The zero-order valence-corrected chi connectivity index (χ0v) is 12.2. The minimum absolute atomic E-state index is 0.0269. The summed E-state index contributed by atoms with van der Waals surface area (Å²) in [6, 6.07) is 0. The van der Waals surface area contributed by atoms with E-state index in [0.29, 0.717) is 17.9 Å². The molecule has 0 N–H and O–H groups in total. The van der Waals surface area contributed by atoms with Crippen LogP contribution in [-0.4, -0.2) is 12.0 Å². The lowest BCUT2D eigenvalue weighted by molar-refractivity contribution is -0.127. The van der Waals surface area contributed by atoms with Crippen LogP contribution in [0.4, 0.5) is 13.2 Å². The summed E-state index contributed by atoms with van der Waals surface area (Å²) in [5.41, 5.74) is 0.131. The first-order chi connectivity index (χ1) is 9.26. The van der Waals surface area contributed by atoms with E-state index in [1.54, 1.807) is 6.92 Å². The van der Waals surface area contributed by atoms with Crippen molar-refractivity contribution in [2.24, 2.45) is 0 Å². The number of alkyl halides is 3. The number of carbonyl (C=O) groups is 1. The lowest BCUT2D eigenvalue weighted by atomic mass is 9.99. The molecule has 0 fully saturated rings. The maximum absolute atomic E-state index is 12.7. The van der Waals surface area contributed by atoms with Crippen molar-refractivity contribution in [2.45, 2.75) is 65.5 Å². The second-order valence-electron chi connectivity index (χ2n) is 5.09. The summed E-state index contributed by atoms with van der Waals surface area (Å²) in [6.45, 7) is 4.89. The fraction of sp³-hybridized carbons (Fsp3) is 0.667. The van der Waals surface area contributed by atoms with Crippen LogP contribution in [-0.2, 0) is 12.8 Å². The third-order valence-electron chi connectivity index (χ3n) is 3.25. The van der Waals surface area contributed by atoms with Gasteiger partial charge >= 0.3 is 6.18 Å². The van der Waals surface area contributed by atoms with E-state index in [4.69, 9.17) is 4.42 Å². The van der Waals surface area contributed by atoms with E-state index in [2.05, 4.69) is 6.92 Å². The van der Waals surface area contributed by atoms with Crippen molar-refractivity contribution in [3.05, 3.63) is 22.6 Å². The molecule has 0 aliphatic carbocycles. The topological polar surface area (TPSA) is 30.2 Å². The number of aryl methyl sites for hydroxylation is 2. The first-order valence-corrected chi connectivity index (χ1v) is 6.95. The van der Waals surface area contributed by atoms with E-state index in [-0.39, 0.29) is 16.9 Å². The molecular formula is C15H21F3O2. The average molecular weight is 290 g/mol. The highest BCUT2D eigenvalue weighted by atomic mass is 19.4. The first-order valence-electron chi connectivity index (χ1n) is 6.95. The number of carbonyl (C=O) groups excluding carboxylic acids is 1. The summed E-state index contributed by atoms with van der Waals surface area (Å²) in [4.78, 5) is 11.5. The molecule has 0 aromatic carbocycles. The molecule has 114 valence electrons. The lowest BCUT2D eigenvalue weighted by Crippen LogP contribution is -2.15. The molecule has 0 unspecified atom stereocenters. The SMILES string of the molecule is CCCCCCc1oc(C)c(C(C)=O)c1CC(F)(F)F. The van der Waals surface area contributed by atoms with Crippen molar-refractivity contribution >= 4 is 5.78 Å². The van der Waals surface area contributed by atoms with Gasteiger partial charge in [-0.15, -0.1) is 0 Å². The van der Waals surface area contributed by atoms with E-state index < -0.39 is 12.6 Å². The smallest absolute Gasteiger partial charge is 0.393 e. The van der Waals surface area contributed by atoms with Gasteiger partial charge < -0.3 is 4.42 Å². The monoisotopic (exact) mass is 290 g/mol. The summed E-state index contributed by atoms with van der Waals surface area (Å²) >= 11 is 0. The molecule has 1 heterocycles. The Kier molecular flexibility index (Phi) is 5.84. The summed E-state index contributed by atoms with van der Waals surface area (Å²) < 4.78 is 43.4. The third-order valence-corrected chi connectivity index (χ3v) is 3.25. The zero-order valence-electron chi connectivity index (χ0n) is 12.2. The predicted octanol–water partition coefficient (Wildman–Crippen LogP) is 5.02. The van der Waals surface area contributed by atoms with Gasteiger partial charge in [-0.05, 0) is 20.3 Å². The quantitative estimate of drug-likeness (QED) is 0.521. The second-order valence-corrected chi connectivity index (χ2v) is 5.09. The minimum atomic E-state index is -4.33. The molecular weight excluding hydrogens is 269 g/mol. The van der Waals surface area contributed by atoms with Crippen LogP contribution in [0.1, 0.15) is 67.0 Å². The molecule has 0 saturated heterocycles. The predicted molar refractivity (Wildman–Crippen MR) is 71.1 cm³/mol. The molecule has 0 amide bonds. The molecule has 0 bridgehead atoms. The largest absolute Gasteiger partial charge is 0.465 e. The van der Waals surface area contributed by atoms with Gasteiger partial charge in [-0.2, -0.15) is 13.2 Å². The Morgan fingerprint density at radius 3 is 2.35 bits per heavy atom. The van der Waals surface area contributed by atoms with Crippen molar-refractivity contribution < 1.29 is 22.4 Å². The van der Waals surface area contributed by atoms with Crippen molar-refractivity contribution in [1.82, 2.24) is 0 Å². The molecule has 5 heteroatoms. The molecule has 0 saturated carbocycles. The van der Waals surface area contributed by atoms with Crippen molar-refractivity contribution in [1.29, 1.82) is 0 Å². The fourth-order valence-corrected chi connectivity index (χ4v) is 2.41. The van der Waals surface area contributed by atoms with E-state index >= 15 is 0 Å². The van der Waals surface area contributed by atoms with Crippen LogP contribution in [0.15, 0.2) is 4.42 Å². The molecule has 2 nitrogen and oxygen atoms in total. The van der Waals surface area contributed by atoms with Gasteiger partial charge in [0.25, 0.3) is 0 Å². The maximum atomic E-state index is 12.7. The highest BCUT2D eigenvalue weighted by Gasteiger charge is 2.33. The van der Waals surface area contributed by atoms with Crippen LogP contribution in [0.5, 0.6) is 0 Å². The Hall–Kier alpha value is -1.26. The van der Waals surface area contributed by atoms with Crippen LogP contribution in [0.3, 0.4) is 0 Å². The molecule has 1 aromatic rings. The first kappa shape index (κ1) is 16.8. The van der Waals surface area contributed by atoms with Crippen LogP contribution >= 0.6 is 0 Å². The molecule has 0 spiro atoms. The number of rotatable bonds is 7. The number of hydrogen-bond acceptors (Lipinski definition) is 2. The van der Waals surface area contributed by atoms with Gasteiger partial charge in [0.1, 0.15) is 11.5 Å². The van der Waals surface area contributed by atoms with Gasteiger partial charge in [-0.1, -0.05) is 26.2 Å². The average Bonchev–Trinajstić information content (AvgIpc) is 2.59. The van der Waals surface area contributed by atoms with Gasteiger partial charge in [-0.3, -0.25) is 4.79 Å². The molecule has 1 rings (SSSR count). The van der Waals surface area contributed by atoms with Crippen molar-refractivity contribution in [3.63, 3.8) is 0 Å². The molecule has 1 aromatic heterocycles. The highest BCUT2D eigenvalue weighted by molar-refractivity contribution is 5.96. The third kappa shape index (κ3) is 4.69. The van der Waals surface area contributed by atoms with E-state index in [0.717, 1.165) is 25.7 Å². The maximum Gasteiger partial charge on any atom is 0.393 e. The van der Waals surface area contributed by atoms with Crippen molar-refractivity contribution in [3.8, 4) is 0 Å². The summed E-state index contributed by atoms with van der Waals surface area (Å²) in [5, 5.41) is 0. The number of ketones is 1. The molecule has 0 aliphatic rings. The van der Waals surface area contributed by atoms with E-state index in [1.165, 1.54) is 6.92 Å². The number of halogens is 3. The van der Waals surface area contributed by atoms with Crippen LogP contribution in [0, 0.1) is 6.92 Å². The Morgan fingerprint density at radius 1 is 1.20 bits per heavy atom. The zero-order chi connectivity index (χ0) is 15.3. The van der Waals surface area contributed by atoms with Crippen LogP contribution < -0.4 is 0 Å². The van der Waals surface area contributed by atoms with E-state index in [9.17, 15) is 18.0 Å². The molecule has 20 heavy (non-hydrogen) atoms. The van der Waals surface area contributed by atoms with Crippen LogP contribution in [0.2, 0.25) is 0 Å². The normalized spacial score (nSPS) is 11.9. The highest BCUT2D eigenvalue weighted by Crippen LogP contribution is 2.31. The number of unbranched alkanes of at least 4 members (excludes halogenated alkanes) is 3. The number of hydrogen-bond donors (Lipinski definition) is 0. The molecule has 0 aliphatic heterocycles. The Morgan fingerprint density at radius 2 is 1.85 bits per heavy atom. The van der Waals surface area contributed by atoms with Gasteiger partial charge in [0, 0.05) is 12.0 Å². The van der Waals surface area contributed by atoms with Crippen molar-refractivity contribution in [2.75, 3.05) is 0 Å². The summed E-state index contributed by atoms with van der Waals surface area (Å²) in [5.74, 6) is 0.244. The summed E-state index contributed by atoms with van der Waals surface area (Å²) in [7, 11) is 0. The Balaban J connectivity index is 2.97. The Bertz CT molecular complexity index is 458. The molecule has 0 radical (unpaired) electrons. The minimum Gasteiger partial charge on any atom is -0.465 e. The number of Topliss-reactive ketones (excluding diaryl/α,β-unsaturated/α-hetero) is 1. The fourth-order valence-electron chi connectivity index (χ4n) is 2.41. The Labute approximate surface area is 117 Å². The standard InChI is InChI=1S/C15H21F3O2/c1-4-5-6-7-8-13-12(9-15(16,17)18)14(10(2)19)11(3)20-13/h4-9H2,1-3H3. The lowest BCUT2D eigenvalue weighted by Gasteiger charge is -2.08. The van der Waals surface area contributed by atoms with Gasteiger partial charge in [0.15, 0.2) is 5.78 Å². The number of furan rings is 1. The van der Waals surface area contributed by atoms with E-state index in [1.807, 2.05) is 0 Å². The second kappa shape index (κ2) is 6.95. The van der Waals surface area contributed by atoms with Gasteiger partial charge in [-0.25, -0.2) is 0 Å². The van der Waals surface area contributed by atoms with Gasteiger partial charge in [0.2, 0.25) is 0 Å². The molecule has 0 atom stereocenters. The summed E-state index contributed by atoms with van der Waals surface area (Å²) in [6.07, 6.45) is -1.13. The van der Waals surface area contributed by atoms with Crippen LogP contribution in [0.25, 0.3) is 0 Å². The van der Waals surface area contributed by atoms with Gasteiger partial charge in [0.05, 0.1) is 12.0 Å².